The Morgan fingerprint density at radius 1 is 1.05 bits per heavy atom. The Kier molecular flexibility index (Phi) is 3.95. The average molecular weight is 254 g/mol. The Bertz CT molecular complexity index is 556. The maximum Gasteiger partial charge on any atom is 0.269 e. The molecule has 1 heterocycles. The van der Waals surface area contributed by atoms with Gasteiger partial charge in [-0.3, -0.25) is 9.78 Å². The summed E-state index contributed by atoms with van der Waals surface area (Å²) in [6.07, 6.45) is 1.73. The van der Waals surface area contributed by atoms with Crippen LogP contribution in [0.1, 0.15) is 35.8 Å². The second kappa shape index (κ2) is 5.65. The van der Waals surface area contributed by atoms with Crippen molar-refractivity contribution in [2.75, 3.05) is 7.05 Å². The van der Waals surface area contributed by atoms with E-state index >= 15 is 0 Å². The number of amides is 1. The van der Waals surface area contributed by atoms with E-state index in [2.05, 4.69) is 48.4 Å². The number of pyridine rings is 1. The minimum Gasteiger partial charge on any atom is -0.354 e. The highest BCUT2D eigenvalue weighted by atomic mass is 16.1. The van der Waals surface area contributed by atoms with Gasteiger partial charge in [0.05, 0.1) is 0 Å². The molecule has 0 unspecified atom stereocenters. The predicted molar refractivity (Wildman–Crippen MR) is 77.2 cm³/mol. The number of aromatic nitrogens is 1. The summed E-state index contributed by atoms with van der Waals surface area (Å²) >= 11 is 0. The van der Waals surface area contributed by atoms with Crippen LogP contribution >= 0.6 is 0 Å². The van der Waals surface area contributed by atoms with Crippen molar-refractivity contribution in [3.05, 3.63) is 53.9 Å². The van der Waals surface area contributed by atoms with Crippen LogP contribution in [0.15, 0.2) is 42.6 Å². The van der Waals surface area contributed by atoms with Gasteiger partial charge in [-0.25, -0.2) is 0 Å². The summed E-state index contributed by atoms with van der Waals surface area (Å²) in [4.78, 5) is 15.6. The third-order valence-corrected chi connectivity index (χ3v) is 3.13. The third-order valence-electron chi connectivity index (χ3n) is 3.13. The normalized spacial score (nSPS) is 10.5. The molecule has 3 nitrogen and oxygen atoms in total. The molecule has 1 aromatic heterocycles. The van der Waals surface area contributed by atoms with Crippen LogP contribution in [0.2, 0.25) is 0 Å². The SMILES string of the molecule is CNC(=O)c1ccc(-c2ccc(C(C)C)cc2)cn1. The fourth-order valence-corrected chi connectivity index (χ4v) is 1.89. The van der Waals surface area contributed by atoms with Gasteiger partial charge in [-0.15, -0.1) is 0 Å². The van der Waals surface area contributed by atoms with Crippen molar-refractivity contribution < 1.29 is 4.79 Å². The smallest absolute Gasteiger partial charge is 0.269 e. The Morgan fingerprint density at radius 2 is 1.68 bits per heavy atom. The van der Waals surface area contributed by atoms with Gasteiger partial charge in [-0.2, -0.15) is 0 Å². The summed E-state index contributed by atoms with van der Waals surface area (Å²) in [5, 5.41) is 2.56. The molecule has 1 amide bonds. The van der Waals surface area contributed by atoms with Gasteiger partial charge in [0, 0.05) is 18.8 Å². The number of carbonyl (C=O) groups is 1. The third kappa shape index (κ3) is 2.99. The number of hydrogen-bond donors (Lipinski definition) is 1. The van der Waals surface area contributed by atoms with Gasteiger partial charge in [0.2, 0.25) is 0 Å². The van der Waals surface area contributed by atoms with E-state index in [9.17, 15) is 4.79 Å². The van der Waals surface area contributed by atoms with E-state index in [1.165, 1.54) is 5.56 Å². The zero-order valence-corrected chi connectivity index (χ0v) is 11.5. The molecule has 19 heavy (non-hydrogen) atoms. The lowest BCUT2D eigenvalue weighted by Gasteiger charge is -2.07. The Morgan fingerprint density at radius 3 is 2.16 bits per heavy atom. The topological polar surface area (TPSA) is 42.0 Å². The van der Waals surface area contributed by atoms with Crippen LogP contribution in [0.3, 0.4) is 0 Å². The summed E-state index contributed by atoms with van der Waals surface area (Å²) < 4.78 is 0. The van der Waals surface area contributed by atoms with Gasteiger partial charge < -0.3 is 5.32 Å². The quantitative estimate of drug-likeness (QED) is 0.913. The maximum atomic E-state index is 11.4. The number of nitrogens with one attached hydrogen (secondary N) is 1. The van der Waals surface area contributed by atoms with Crippen molar-refractivity contribution >= 4 is 5.91 Å². The fraction of sp³-hybridized carbons (Fsp3) is 0.250. The molecular weight excluding hydrogens is 236 g/mol. The molecule has 3 heteroatoms. The number of benzene rings is 1. The van der Waals surface area contributed by atoms with Crippen LogP contribution in [0.4, 0.5) is 0 Å². The number of nitrogens with zero attached hydrogens (tertiary/aromatic N) is 1. The summed E-state index contributed by atoms with van der Waals surface area (Å²) in [5.74, 6) is 0.365. The molecule has 0 aliphatic rings. The first-order chi connectivity index (χ1) is 9.11. The standard InChI is InChI=1S/C16H18N2O/c1-11(2)12-4-6-13(7-5-12)14-8-9-15(18-10-14)16(19)17-3/h4-11H,1-3H3,(H,17,19). The van der Waals surface area contributed by atoms with E-state index in [0.29, 0.717) is 11.6 Å². The van der Waals surface area contributed by atoms with Crippen molar-refractivity contribution in [2.24, 2.45) is 0 Å². The van der Waals surface area contributed by atoms with Gasteiger partial charge in [0.1, 0.15) is 5.69 Å². The molecular formula is C16H18N2O. The summed E-state index contributed by atoms with van der Waals surface area (Å²) in [6, 6.07) is 12.1. The lowest BCUT2D eigenvalue weighted by Crippen LogP contribution is -2.18. The van der Waals surface area contributed by atoms with Crippen molar-refractivity contribution in [3.8, 4) is 11.1 Å². The van der Waals surface area contributed by atoms with Crippen molar-refractivity contribution in [1.29, 1.82) is 0 Å². The van der Waals surface area contributed by atoms with E-state index < -0.39 is 0 Å². The lowest BCUT2D eigenvalue weighted by atomic mass is 9.99. The van der Waals surface area contributed by atoms with Crippen molar-refractivity contribution in [2.45, 2.75) is 19.8 Å². The highest BCUT2D eigenvalue weighted by Crippen LogP contribution is 2.22. The Balaban J connectivity index is 2.24. The number of rotatable bonds is 3. The van der Waals surface area contributed by atoms with Crippen LogP contribution < -0.4 is 5.32 Å². The molecule has 1 aromatic carbocycles. The first-order valence-electron chi connectivity index (χ1n) is 6.40. The van der Waals surface area contributed by atoms with Gasteiger partial charge in [-0.1, -0.05) is 44.2 Å². The summed E-state index contributed by atoms with van der Waals surface area (Å²) in [6.45, 7) is 4.35. The highest BCUT2D eigenvalue weighted by molar-refractivity contribution is 5.92. The van der Waals surface area contributed by atoms with Crippen LogP contribution in [0, 0.1) is 0 Å². The van der Waals surface area contributed by atoms with E-state index in [4.69, 9.17) is 0 Å². The molecule has 0 spiro atoms. The molecule has 1 N–H and O–H groups in total. The molecule has 0 fully saturated rings. The molecule has 0 saturated heterocycles. The number of carbonyl (C=O) groups excluding carboxylic acids is 1. The second-order valence-corrected chi connectivity index (χ2v) is 4.79. The van der Waals surface area contributed by atoms with E-state index in [0.717, 1.165) is 11.1 Å². The molecule has 2 aromatic rings. The van der Waals surface area contributed by atoms with Crippen molar-refractivity contribution in [3.63, 3.8) is 0 Å². The number of hydrogen-bond acceptors (Lipinski definition) is 2. The van der Waals surface area contributed by atoms with Crippen molar-refractivity contribution in [1.82, 2.24) is 10.3 Å². The molecule has 0 bridgehead atoms. The largest absolute Gasteiger partial charge is 0.354 e. The molecule has 0 atom stereocenters. The van der Waals surface area contributed by atoms with E-state index in [1.54, 1.807) is 19.3 Å². The zero-order valence-electron chi connectivity index (χ0n) is 11.5. The van der Waals surface area contributed by atoms with Gasteiger partial charge in [0.15, 0.2) is 0 Å². The maximum absolute atomic E-state index is 11.4. The van der Waals surface area contributed by atoms with Crippen LogP contribution in [-0.2, 0) is 0 Å². The van der Waals surface area contributed by atoms with Gasteiger partial charge >= 0.3 is 0 Å². The highest BCUT2D eigenvalue weighted by Gasteiger charge is 2.05. The average Bonchev–Trinajstić information content (AvgIpc) is 2.46. The Hall–Kier alpha value is -2.16. The first-order valence-corrected chi connectivity index (χ1v) is 6.40. The van der Waals surface area contributed by atoms with E-state index in [-0.39, 0.29) is 5.91 Å². The molecule has 98 valence electrons. The van der Waals surface area contributed by atoms with Crippen LogP contribution in [0.5, 0.6) is 0 Å². The molecule has 0 saturated carbocycles. The first kappa shape index (κ1) is 13.3. The molecule has 2 rings (SSSR count). The summed E-state index contributed by atoms with van der Waals surface area (Å²) in [7, 11) is 1.60. The lowest BCUT2D eigenvalue weighted by molar-refractivity contribution is 0.0958. The minimum absolute atomic E-state index is 0.165. The zero-order chi connectivity index (χ0) is 13.8. The second-order valence-electron chi connectivity index (χ2n) is 4.79. The Labute approximate surface area is 113 Å². The molecule has 0 aliphatic carbocycles. The molecule has 0 radical (unpaired) electrons. The van der Waals surface area contributed by atoms with Crippen LogP contribution in [-0.4, -0.2) is 17.9 Å². The van der Waals surface area contributed by atoms with E-state index in [1.807, 2.05) is 6.07 Å². The summed E-state index contributed by atoms with van der Waals surface area (Å²) in [5.41, 5.74) is 3.88. The van der Waals surface area contributed by atoms with Crippen LogP contribution in [0.25, 0.3) is 11.1 Å². The van der Waals surface area contributed by atoms with Gasteiger partial charge in [0.25, 0.3) is 5.91 Å². The predicted octanol–water partition coefficient (Wildman–Crippen LogP) is 3.23. The molecule has 0 aliphatic heterocycles. The minimum atomic E-state index is -0.165. The fourth-order valence-electron chi connectivity index (χ4n) is 1.89. The monoisotopic (exact) mass is 254 g/mol. The van der Waals surface area contributed by atoms with Gasteiger partial charge in [-0.05, 0) is 23.1 Å².